The molecule has 1 N–H and O–H groups in total. The fourth-order valence-corrected chi connectivity index (χ4v) is 3.88. The third-order valence-electron chi connectivity index (χ3n) is 5.47. The highest BCUT2D eigenvalue weighted by atomic mass is 16.5. The Labute approximate surface area is 181 Å². The molecule has 1 saturated heterocycles. The van der Waals surface area contributed by atoms with Gasteiger partial charge in [0, 0.05) is 38.1 Å². The second kappa shape index (κ2) is 9.57. The highest BCUT2D eigenvalue weighted by Crippen LogP contribution is 2.34. The molecule has 0 saturated carbocycles. The summed E-state index contributed by atoms with van der Waals surface area (Å²) in [5.74, 6) is -0.349. The molecule has 4 rings (SSSR count). The summed E-state index contributed by atoms with van der Waals surface area (Å²) in [5, 5.41) is 4.21. The number of carbonyl (C=O) groups is 1. The zero-order chi connectivity index (χ0) is 21.6. The number of pyridine rings is 1. The van der Waals surface area contributed by atoms with Crippen LogP contribution >= 0.6 is 0 Å². The minimum atomic E-state index is -0.349. The first kappa shape index (κ1) is 20.8. The molecule has 2 heterocycles. The van der Waals surface area contributed by atoms with Crippen LogP contribution in [0.5, 0.6) is 0 Å². The number of aromatic nitrogens is 1. The maximum absolute atomic E-state index is 12.4. The van der Waals surface area contributed by atoms with E-state index in [2.05, 4.69) is 33.6 Å². The van der Waals surface area contributed by atoms with Crippen LogP contribution in [-0.4, -0.2) is 47.9 Å². The number of amides is 1. The third kappa shape index (κ3) is 5.00. The molecular weight excluding hydrogens is 392 g/mol. The summed E-state index contributed by atoms with van der Waals surface area (Å²) in [4.78, 5) is 26.2. The van der Waals surface area contributed by atoms with E-state index in [0.29, 0.717) is 18.8 Å². The highest BCUT2D eigenvalue weighted by Gasteiger charge is 2.25. The number of hydrazone groups is 1. The van der Waals surface area contributed by atoms with E-state index >= 15 is 0 Å². The second-order valence-corrected chi connectivity index (χ2v) is 7.62. The van der Waals surface area contributed by atoms with E-state index in [0.717, 1.165) is 31.5 Å². The Hall–Kier alpha value is -3.45. The van der Waals surface area contributed by atoms with Gasteiger partial charge in [-0.1, -0.05) is 30.3 Å². The molecule has 1 aliphatic heterocycles. The van der Waals surface area contributed by atoms with E-state index in [1.54, 1.807) is 13.3 Å². The standard InChI is InChI=1S/C24H26N4O3/c1-27-17-21(9-10-22(27)29)24(30)26-25-16-20-8-7-19(15-18-5-3-2-4-6-18)23(20)28-11-13-31-14-12-28/h2-6,9-10,15-17H,7-8,11-14H2,1H3,(H,26,30)/b19-15?,25-16-. The van der Waals surface area contributed by atoms with Crippen LogP contribution in [-0.2, 0) is 11.8 Å². The number of rotatable bonds is 5. The van der Waals surface area contributed by atoms with Crippen LogP contribution in [0.15, 0.2) is 75.4 Å². The van der Waals surface area contributed by atoms with Crippen molar-refractivity contribution in [3.05, 3.63) is 87.0 Å². The van der Waals surface area contributed by atoms with Crippen molar-refractivity contribution >= 4 is 18.2 Å². The zero-order valence-corrected chi connectivity index (χ0v) is 17.6. The first-order valence-electron chi connectivity index (χ1n) is 10.4. The normalized spacial score (nSPS) is 18.2. The predicted octanol–water partition coefficient (Wildman–Crippen LogP) is 2.56. The van der Waals surface area contributed by atoms with Crippen LogP contribution in [0.1, 0.15) is 28.8 Å². The summed E-state index contributed by atoms with van der Waals surface area (Å²) >= 11 is 0. The lowest BCUT2D eigenvalue weighted by atomic mass is 10.1. The first-order chi connectivity index (χ1) is 15.1. The molecule has 160 valence electrons. The van der Waals surface area contributed by atoms with Crippen molar-refractivity contribution in [3.8, 4) is 0 Å². The molecule has 0 bridgehead atoms. The molecule has 1 fully saturated rings. The number of carbonyl (C=O) groups excluding carboxylic acids is 1. The monoisotopic (exact) mass is 418 g/mol. The Morgan fingerprint density at radius 3 is 2.61 bits per heavy atom. The summed E-state index contributed by atoms with van der Waals surface area (Å²) in [6.45, 7) is 3.08. The Bertz CT molecular complexity index is 1090. The van der Waals surface area contributed by atoms with Crippen LogP contribution in [0.3, 0.4) is 0 Å². The lowest BCUT2D eigenvalue weighted by molar-refractivity contribution is 0.0548. The minimum Gasteiger partial charge on any atom is -0.378 e. The van der Waals surface area contributed by atoms with E-state index in [-0.39, 0.29) is 11.5 Å². The lowest BCUT2D eigenvalue weighted by Gasteiger charge is -2.31. The van der Waals surface area contributed by atoms with Crippen molar-refractivity contribution < 1.29 is 9.53 Å². The van der Waals surface area contributed by atoms with E-state index in [9.17, 15) is 9.59 Å². The first-order valence-corrected chi connectivity index (χ1v) is 10.4. The molecule has 0 spiro atoms. The van der Waals surface area contributed by atoms with Crippen molar-refractivity contribution in [2.24, 2.45) is 12.1 Å². The Morgan fingerprint density at radius 2 is 1.87 bits per heavy atom. The largest absolute Gasteiger partial charge is 0.378 e. The fourth-order valence-electron chi connectivity index (χ4n) is 3.88. The number of nitrogens with zero attached hydrogens (tertiary/aromatic N) is 3. The predicted molar refractivity (Wildman–Crippen MR) is 121 cm³/mol. The zero-order valence-electron chi connectivity index (χ0n) is 17.6. The smallest absolute Gasteiger partial charge is 0.272 e. The molecule has 31 heavy (non-hydrogen) atoms. The summed E-state index contributed by atoms with van der Waals surface area (Å²) in [6.07, 6.45) is 7.27. The average Bonchev–Trinajstić information content (AvgIpc) is 3.19. The van der Waals surface area contributed by atoms with Gasteiger partial charge in [-0.05, 0) is 41.7 Å². The van der Waals surface area contributed by atoms with Gasteiger partial charge in [0.05, 0.1) is 25.0 Å². The van der Waals surface area contributed by atoms with Gasteiger partial charge in [-0.2, -0.15) is 5.10 Å². The van der Waals surface area contributed by atoms with Gasteiger partial charge >= 0.3 is 0 Å². The molecule has 7 heteroatoms. The number of hydrogen-bond acceptors (Lipinski definition) is 5. The lowest BCUT2D eigenvalue weighted by Crippen LogP contribution is -2.36. The topological polar surface area (TPSA) is 75.9 Å². The number of nitrogens with one attached hydrogen (secondary N) is 1. The van der Waals surface area contributed by atoms with Crippen molar-refractivity contribution in [2.45, 2.75) is 12.8 Å². The van der Waals surface area contributed by atoms with Gasteiger partial charge in [-0.3, -0.25) is 9.59 Å². The molecule has 1 aromatic heterocycles. The summed E-state index contributed by atoms with van der Waals surface area (Å²) in [7, 11) is 1.61. The van der Waals surface area contributed by atoms with Gasteiger partial charge in [0.2, 0.25) is 5.56 Å². The average molecular weight is 418 g/mol. The van der Waals surface area contributed by atoms with Gasteiger partial charge in [0.15, 0.2) is 0 Å². The summed E-state index contributed by atoms with van der Waals surface area (Å²) in [5.41, 5.74) is 7.54. The van der Waals surface area contributed by atoms with Crippen LogP contribution < -0.4 is 11.0 Å². The highest BCUT2D eigenvalue weighted by molar-refractivity contribution is 5.94. The maximum atomic E-state index is 12.4. The molecule has 7 nitrogen and oxygen atoms in total. The minimum absolute atomic E-state index is 0.163. The van der Waals surface area contributed by atoms with E-state index < -0.39 is 0 Å². The quantitative estimate of drug-likeness (QED) is 0.598. The van der Waals surface area contributed by atoms with Gasteiger partial charge in [0.1, 0.15) is 0 Å². The van der Waals surface area contributed by atoms with E-state index in [4.69, 9.17) is 4.74 Å². The molecule has 1 amide bonds. The van der Waals surface area contributed by atoms with Crippen LogP contribution in [0.2, 0.25) is 0 Å². The Balaban J connectivity index is 1.56. The number of hydrogen-bond donors (Lipinski definition) is 1. The second-order valence-electron chi connectivity index (χ2n) is 7.62. The number of allylic oxidation sites excluding steroid dienone is 2. The summed E-state index contributed by atoms with van der Waals surface area (Å²) in [6, 6.07) is 13.2. The molecule has 2 aliphatic rings. The van der Waals surface area contributed by atoms with Crippen LogP contribution in [0.4, 0.5) is 0 Å². The SMILES string of the molecule is Cn1cc(C(=O)N/N=C\C2=C(N3CCOCC3)C(=Cc3ccccc3)CC2)ccc1=O. The van der Waals surface area contributed by atoms with Crippen molar-refractivity contribution in [3.63, 3.8) is 0 Å². The van der Waals surface area contributed by atoms with Crippen molar-refractivity contribution in [1.29, 1.82) is 0 Å². The molecule has 1 aromatic carbocycles. The molecule has 0 radical (unpaired) electrons. The van der Waals surface area contributed by atoms with Gasteiger partial charge in [0.25, 0.3) is 5.91 Å². The Kier molecular flexibility index (Phi) is 6.43. The molecule has 1 aliphatic carbocycles. The van der Waals surface area contributed by atoms with Crippen molar-refractivity contribution in [2.75, 3.05) is 26.3 Å². The summed E-state index contributed by atoms with van der Waals surface area (Å²) < 4.78 is 6.90. The number of morpholine rings is 1. The van der Waals surface area contributed by atoms with Crippen molar-refractivity contribution in [1.82, 2.24) is 14.9 Å². The Morgan fingerprint density at radius 1 is 1.10 bits per heavy atom. The molecule has 2 aromatic rings. The van der Waals surface area contributed by atoms with Gasteiger partial charge < -0.3 is 14.2 Å². The maximum Gasteiger partial charge on any atom is 0.272 e. The van der Waals surface area contributed by atoms with Crippen LogP contribution in [0, 0.1) is 0 Å². The molecule has 0 atom stereocenters. The third-order valence-corrected chi connectivity index (χ3v) is 5.47. The fraction of sp³-hybridized carbons (Fsp3) is 0.292. The molecule has 0 unspecified atom stereocenters. The number of aryl methyl sites for hydroxylation is 1. The van der Waals surface area contributed by atoms with Gasteiger partial charge in [-0.15, -0.1) is 0 Å². The number of benzene rings is 1. The number of ether oxygens (including phenoxy) is 1. The van der Waals surface area contributed by atoms with Gasteiger partial charge in [-0.25, -0.2) is 5.43 Å². The van der Waals surface area contributed by atoms with E-state index in [1.165, 1.54) is 39.7 Å². The van der Waals surface area contributed by atoms with Crippen LogP contribution in [0.25, 0.3) is 6.08 Å². The van der Waals surface area contributed by atoms with E-state index in [1.807, 2.05) is 18.2 Å². The molecular formula is C24H26N4O3.